The number of fused-ring (bicyclic) bond motifs is 1. The van der Waals surface area contributed by atoms with Crippen molar-refractivity contribution in [3.8, 4) is 0 Å². The molecule has 8 heteroatoms. The van der Waals surface area contributed by atoms with Gasteiger partial charge in [-0.25, -0.2) is 9.67 Å². The quantitative estimate of drug-likeness (QED) is 0.873. The molecule has 2 heterocycles. The number of hydrogen-bond acceptors (Lipinski definition) is 4. The van der Waals surface area contributed by atoms with Crippen LogP contribution in [0.15, 0.2) is 0 Å². The van der Waals surface area contributed by atoms with Crippen LogP contribution >= 0.6 is 24.8 Å². The van der Waals surface area contributed by atoms with Crippen LogP contribution in [0, 0.1) is 5.92 Å². The first-order valence-corrected chi connectivity index (χ1v) is 7.02. The molecular weight excluding hydrogens is 313 g/mol. The van der Waals surface area contributed by atoms with Crippen LogP contribution in [-0.2, 0) is 17.8 Å². The topological polar surface area (TPSA) is 85.8 Å². The highest BCUT2D eigenvalue weighted by atomic mass is 35.5. The van der Waals surface area contributed by atoms with Crippen molar-refractivity contribution in [3.05, 3.63) is 11.6 Å². The zero-order valence-corrected chi connectivity index (χ0v) is 14.3. The predicted octanol–water partition coefficient (Wildman–Crippen LogP) is 1.62. The van der Waals surface area contributed by atoms with E-state index in [1.807, 2.05) is 25.5 Å². The van der Waals surface area contributed by atoms with E-state index in [0.717, 1.165) is 37.5 Å². The Hall–Kier alpha value is -0.850. The lowest BCUT2D eigenvalue weighted by molar-refractivity contribution is -0.124. The summed E-state index contributed by atoms with van der Waals surface area (Å²) in [4.78, 5) is 16.5. The van der Waals surface area contributed by atoms with Crippen LogP contribution in [0.5, 0.6) is 0 Å². The zero-order chi connectivity index (χ0) is 14.0. The van der Waals surface area contributed by atoms with Gasteiger partial charge in [0.1, 0.15) is 5.82 Å². The summed E-state index contributed by atoms with van der Waals surface area (Å²) in [6.07, 6.45) is 2.71. The Morgan fingerprint density at radius 2 is 2.14 bits per heavy atom. The molecule has 2 rings (SSSR count). The molecule has 0 aliphatic carbocycles. The zero-order valence-electron chi connectivity index (χ0n) is 12.7. The number of carbonyl (C=O) groups is 1. The van der Waals surface area contributed by atoms with E-state index in [4.69, 9.17) is 5.73 Å². The number of aromatic nitrogens is 3. The largest absolute Gasteiger partial charge is 0.345 e. The average Bonchev–Trinajstić information content (AvgIpc) is 2.81. The van der Waals surface area contributed by atoms with Crippen molar-refractivity contribution >= 4 is 30.7 Å². The van der Waals surface area contributed by atoms with Gasteiger partial charge >= 0.3 is 0 Å². The van der Waals surface area contributed by atoms with Gasteiger partial charge in [0.2, 0.25) is 5.91 Å². The van der Waals surface area contributed by atoms with Crippen LogP contribution in [0.3, 0.4) is 0 Å². The second-order valence-electron chi connectivity index (χ2n) is 5.44. The Balaban J connectivity index is 0.00000200. The summed E-state index contributed by atoms with van der Waals surface area (Å²) in [6.45, 7) is 6.81. The number of aryl methyl sites for hydroxylation is 2. The highest BCUT2D eigenvalue weighted by Gasteiger charge is 2.27. The lowest BCUT2D eigenvalue weighted by Crippen LogP contribution is -2.46. The number of amides is 1. The summed E-state index contributed by atoms with van der Waals surface area (Å²) in [7, 11) is 0. The molecule has 1 aromatic heterocycles. The number of nitrogens with one attached hydrogen (secondary N) is 1. The van der Waals surface area contributed by atoms with Gasteiger partial charge < -0.3 is 11.1 Å². The highest BCUT2D eigenvalue weighted by Crippen LogP contribution is 2.23. The van der Waals surface area contributed by atoms with E-state index in [2.05, 4.69) is 15.4 Å². The molecule has 2 atom stereocenters. The smallest absolute Gasteiger partial charge is 0.237 e. The summed E-state index contributed by atoms with van der Waals surface area (Å²) < 4.78 is 1.91. The molecule has 0 saturated heterocycles. The molecule has 0 saturated carbocycles. The van der Waals surface area contributed by atoms with E-state index in [1.165, 1.54) is 0 Å². The Morgan fingerprint density at radius 1 is 1.48 bits per heavy atom. The SMILES string of the molecule is CCc1nc2n(n1)CCCC2NC(=O)[C@@H](N)C(C)C.Cl.Cl. The minimum atomic E-state index is -0.469. The standard InChI is InChI=1S/C13H23N5O.2ClH/c1-4-10-16-12-9(6-5-7-18(12)17-10)15-13(19)11(14)8(2)3;;/h8-9,11H,4-7,14H2,1-3H3,(H,15,19);2*1H/t9?,11-;;/m0../s1. The van der Waals surface area contributed by atoms with E-state index in [9.17, 15) is 4.79 Å². The number of halogens is 2. The Morgan fingerprint density at radius 3 is 2.71 bits per heavy atom. The highest BCUT2D eigenvalue weighted by molar-refractivity contribution is 5.85. The predicted molar refractivity (Wildman–Crippen MR) is 86.8 cm³/mol. The Labute approximate surface area is 138 Å². The molecule has 0 bridgehead atoms. The van der Waals surface area contributed by atoms with Crippen molar-refractivity contribution in [2.45, 2.75) is 58.7 Å². The van der Waals surface area contributed by atoms with E-state index < -0.39 is 6.04 Å². The molecule has 1 amide bonds. The molecule has 0 spiro atoms. The van der Waals surface area contributed by atoms with E-state index in [1.54, 1.807) is 0 Å². The third kappa shape index (κ3) is 4.56. The maximum Gasteiger partial charge on any atom is 0.237 e. The molecule has 1 aliphatic rings. The van der Waals surface area contributed by atoms with Crippen LogP contribution < -0.4 is 11.1 Å². The summed E-state index contributed by atoms with van der Waals surface area (Å²) in [5.41, 5.74) is 5.87. The first kappa shape index (κ1) is 20.1. The molecule has 0 aromatic carbocycles. The van der Waals surface area contributed by atoms with Crippen molar-refractivity contribution in [2.75, 3.05) is 0 Å². The lowest BCUT2D eigenvalue weighted by Gasteiger charge is -2.25. The van der Waals surface area contributed by atoms with Crippen molar-refractivity contribution in [2.24, 2.45) is 11.7 Å². The average molecular weight is 338 g/mol. The van der Waals surface area contributed by atoms with Gasteiger partial charge in [0.15, 0.2) is 5.82 Å². The van der Waals surface area contributed by atoms with Crippen molar-refractivity contribution < 1.29 is 4.79 Å². The van der Waals surface area contributed by atoms with Gasteiger partial charge in [0.05, 0.1) is 12.1 Å². The van der Waals surface area contributed by atoms with E-state index in [-0.39, 0.29) is 42.7 Å². The van der Waals surface area contributed by atoms with E-state index >= 15 is 0 Å². The Bertz CT molecular complexity index is 463. The lowest BCUT2D eigenvalue weighted by atomic mass is 10.0. The van der Waals surface area contributed by atoms with Crippen molar-refractivity contribution in [1.29, 1.82) is 0 Å². The summed E-state index contributed by atoms with van der Waals surface area (Å²) in [6, 6.07) is -0.525. The van der Waals surface area contributed by atoms with Gasteiger partial charge in [0, 0.05) is 13.0 Å². The van der Waals surface area contributed by atoms with Gasteiger partial charge in [-0.3, -0.25) is 4.79 Å². The third-order valence-electron chi connectivity index (χ3n) is 3.57. The number of hydrogen-bond donors (Lipinski definition) is 2. The minimum absolute atomic E-state index is 0. The summed E-state index contributed by atoms with van der Waals surface area (Å²) in [5, 5.41) is 7.44. The number of nitrogens with two attached hydrogens (primary N) is 1. The fraction of sp³-hybridized carbons (Fsp3) is 0.769. The Kier molecular flexibility index (Phi) is 8.21. The monoisotopic (exact) mass is 337 g/mol. The third-order valence-corrected chi connectivity index (χ3v) is 3.57. The number of nitrogens with zero attached hydrogens (tertiary/aromatic N) is 3. The van der Waals surface area contributed by atoms with Crippen LogP contribution in [-0.4, -0.2) is 26.7 Å². The van der Waals surface area contributed by atoms with Gasteiger partial charge in [-0.05, 0) is 18.8 Å². The molecule has 122 valence electrons. The summed E-state index contributed by atoms with van der Waals surface area (Å²) in [5.74, 6) is 1.74. The number of carbonyl (C=O) groups excluding carboxylic acids is 1. The van der Waals surface area contributed by atoms with Gasteiger partial charge in [0.25, 0.3) is 0 Å². The van der Waals surface area contributed by atoms with Crippen LogP contribution in [0.25, 0.3) is 0 Å². The van der Waals surface area contributed by atoms with Crippen LogP contribution in [0.1, 0.15) is 51.3 Å². The normalized spacial score (nSPS) is 18.2. The second-order valence-corrected chi connectivity index (χ2v) is 5.44. The van der Waals surface area contributed by atoms with Gasteiger partial charge in [-0.1, -0.05) is 20.8 Å². The van der Waals surface area contributed by atoms with Gasteiger partial charge in [-0.2, -0.15) is 5.10 Å². The first-order valence-electron chi connectivity index (χ1n) is 7.02. The maximum absolute atomic E-state index is 12.0. The molecule has 1 aliphatic heterocycles. The molecule has 6 nitrogen and oxygen atoms in total. The van der Waals surface area contributed by atoms with Crippen LogP contribution in [0.2, 0.25) is 0 Å². The van der Waals surface area contributed by atoms with Crippen molar-refractivity contribution in [3.63, 3.8) is 0 Å². The molecule has 21 heavy (non-hydrogen) atoms. The molecule has 1 unspecified atom stereocenters. The summed E-state index contributed by atoms with van der Waals surface area (Å²) >= 11 is 0. The molecular formula is C13H25Cl2N5O. The molecule has 0 fully saturated rings. The molecule has 1 aromatic rings. The fourth-order valence-electron chi connectivity index (χ4n) is 2.26. The fourth-order valence-corrected chi connectivity index (χ4v) is 2.26. The van der Waals surface area contributed by atoms with Crippen LogP contribution in [0.4, 0.5) is 0 Å². The first-order chi connectivity index (χ1) is 9.02. The minimum Gasteiger partial charge on any atom is -0.345 e. The molecule has 0 radical (unpaired) electrons. The van der Waals surface area contributed by atoms with E-state index in [0.29, 0.717) is 0 Å². The molecule has 3 N–H and O–H groups in total. The number of rotatable bonds is 4. The van der Waals surface area contributed by atoms with Gasteiger partial charge in [-0.15, -0.1) is 24.8 Å². The van der Waals surface area contributed by atoms with Crippen molar-refractivity contribution in [1.82, 2.24) is 20.1 Å². The maximum atomic E-state index is 12.0. The second kappa shape index (κ2) is 8.56.